The molecule has 0 aliphatic carbocycles. The van der Waals surface area contributed by atoms with Gasteiger partial charge in [-0.05, 0) is 12.8 Å². The van der Waals surface area contributed by atoms with Gasteiger partial charge < -0.3 is 4.90 Å². The predicted molar refractivity (Wildman–Crippen MR) is 92.4 cm³/mol. The van der Waals surface area contributed by atoms with Gasteiger partial charge in [0.05, 0.1) is 17.1 Å². The largest absolute Gasteiger partial charge is 0.368 e. The van der Waals surface area contributed by atoms with E-state index in [4.69, 9.17) is 9.97 Å². The van der Waals surface area contributed by atoms with E-state index in [1.807, 2.05) is 13.8 Å². The molecule has 1 aromatic carbocycles. The number of hydrogen-bond acceptors (Lipinski definition) is 3. The van der Waals surface area contributed by atoms with Crippen LogP contribution in [0.15, 0.2) is 30.3 Å². The molecule has 3 nitrogen and oxygen atoms in total. The average Bonchev–Trinajstić information content (AvgIpc) is 2.64. The van der Waals surface area contributed by atoms with Crippen molar-refractivity contribution in [2.24, 2.45) is 0 Å². The molecule has 3 aliphatic heterocycles. The second-order valence-electron chi connectivity index (χ2n) is 5.70. The normalized spacial score (nSPS) is 16.0. The summed E-state index contributed by atoms with van der Waals surface area (Å²) in [6.07, 6.45) is 3.41. The highest BCUT2D eigenvalue weighted by atomic mass is 15.2. The molecule has 2 aromatic rings. The standard InChI is InChI=1S/C17H19N3.C2H6/c1-2-14-18-15(12-6-4-3-5-7-12)17-16(19-14)13-8-10-20(17)11-9-13;1-2/h3-7,13H,2,8-11H2,1H3;1-2H3. The first kappa shape index (κ1) is 15.0. The summed E-state index contributed by atoms with van der Waals surface area (Å²) >= 11 is 0. The van der Waals surface area contributed by atoms with Crippen molar-refractivity contribution in [2.75, 3.05) is 18.0 Å². The van der Waals surface area contributed by atoms with Crippen LogP contribution in [0.25, 0.3) is 11.3 Å². The van der Waals surface area contributed by atoms with Crippen LogP contribution >= 0.6 is 0 Å². The van der Waals surface area contributed by atoms with Gasteiger partial charge in [-0.15, -0.1) is 0 Å². The van der Waals surface area contributed by atoms with Crippen LogP contribution in [0.1, 0.15) is 51.0 Å². The molecule has 116 valence electrons. The zero-order valence-corrected chi connectivity index (χ0v) is 13.8. The van der Waals surface area contributed by atoms with Crippen LogP contribution < -0.4 is 4.90 Å². The van der Waals surface area contributed by atoms with Crippen LogP contribution in [0.2, 0.25) is 0 Å². The Morgan fingerprint density at radius 3 is 2.36 bits per heavy atom. The minimum atomic E-state index is 0.644. The second kappa shape index (κ2) is 6.47. The van der Waals surface area contributed by atoms with Gasteiger partial charge in [-0.2, -0.15) is 0 Å². The number of hydrogen-bond donors (Lipinski definition) is 0. The highest BCUT2D eigenvalue weighted by Gasteiger charge is 2.35. The van der Waals surface area contributed by atoms with Crippen LogP contribution in [-0.4, -0.2) is 23.1 Å². The lowest BCUT2D eigenvalue weighted by Crippen LogP contribution is -2.40. The molecule has 3 aliphatic rings. The Labute approximate surface area is 133 Å². The molecule has 0 N–H and O–H groups in total. The summed E-state index contributed by atoms with van der Waals surface area (Å²) in [5.41, 5.74) is 4.95. The summed E-state index contributed by atoms with van der Waals surface area (Å²) in [6, 6.07) is 10.6. The average molecular weight is 295 g/mol. The van der Waals surface area contributed by atoms with Crippen LogP contribution in [-0.2, 0) is 6.42 Å². The lowest BCUT2D eigenvalue weighted by Gasteiger charge is -2.42. The van der Waals surface area contributed by atoms with E-state index in [-0.39, 0.29) is 0 Å². The number of rotatable bonds is 2. The molecular weight excluding hydrogens is 270 g/mol. The maximum atomic E-state index is 4.85. The molecule has 0 unspecified atom stereocenters. The molecule has 22 heavy (non-hydrogen) atoms. The van der Waals surface area contributed by atoms with Crippen molar-refractivity contribution < 1.29 is 0 Å². The van der Waals surface area contributed by atoms with Crippen LogP contribution in [0.4, 0.5) is 5.69 Å². The molecule has 1 aromatic heterocycles. The molecule has 0 atom stereocenters. The van der Waals surface area contributed by atoms with Gasteiger partial charge in [0.1, 0.15) is 5.82 Å². The first-order chi connectivity index (χ1) is 10.9. The zero-order chi connectivity index (χ0) is 15.5. The number of piperidine rings is 1. The van der Waals surface area contributed by atoms with Gasteiger partial charge in [-0.3, -0.25) is 0 Å². The molecule has 3 heteroatoms. The van der Waals surface area contributed by atoms with E-state index in [0.717, 1.165) is 31.0 Å². The first-order valence-corrected chi connectivity index (χ1v) is 8.58. The summed E-state index contributed by atoms with van der Waals surface area (Å²) in [4.78, 5) is 12.2. The van der Waals surface area contributed by atoms with E-state index in [2.05, 4.69) is 42.2 Å². The summed E-state index contributed by atoms with van der Waals surface area (Å²) < 4.78 is 0. The minimum absolute atomic E-state index is 0.644. The molecule has 5 rings (SSSR count). The fourth-order valence-corrected chi connectivity index (χ4v) is 3.45. The highest BCUT2D eigenvalue weighted by molar-refractivity contribution is 5.78. The summed E-state index contributed by atoms with van der Waals surface area (Å²) in [7, 11) is 0. The Kier molecular flexibility index (Phi) is 4.41. The van der Waals surface area contributed by atoms with Crippen LogP contribution in [0, 0.1) is 0 Å². The fraction of sp³-hybridized carbons (Fsp3) is 0.474. The van der Waals surface area contributed by atoms with E-state index in [9.17, 15) is 0 Å². The number of fused-ring (bicyclic) bond motifs is 2. The molecule has 0 spiro atoms. The maximum absolute atomic E-state index is 4.85. The van der Waals surface area contributed by atoms with E-state index < -0.39 is 0 Å². The van der Waals surface area contributed by atoms with Crippen molar-refractivity contribution in [3.05, 3.63) is 41.9 Å². The molecule has 0 radical (unpaired) electrons. The van der Waals surface area contributed by atoms with Gasteiger partial charge in [0, 0.05) is 31.0 Å². The lowest BCUT2D eigenvalue weighted by molar-refractivity contribution is 0.461. The van der Waals surface area contributed by atoms with E-state index in [1.165, 1.54) is 29.8 Å². The van der Waals surface area contributed by atoms with Crippen molar-refractivity contribution in [3.8, 4) is 11.3 Å². The van der Waals surface area contributed by atoms with E-state index >= 15 is 0 Å². The summed E-state index contributed by atoms with van der Waals surface area (Å²) in [5, 5.41) is 0. The van der Waals surface area contributed by atoms with Gasteiger partial charge in [-0.1, -0.05) is 51.1 Å². The number of aromatic nitrogens is 2. The number of anilines is 1. The Balaban J connectivity index is 0.000000693. The Morgan fingerprint density at radius 2 is 1.73 bits per heavy atom. The zero-order valence-electron chi connectivity index (χ0n) is 13.8. The monoisotopic (exact) mass is 295 g/mol. The van der Waals surface area contributed by atoms with Gasteiger partial charge in [-0.25, -0.2) is 9.97 Å². The van der Waals surface area contributed by atoms with Gasteiger partial charge in [0.25, 0.3) is 0 Å². The number of benzene rings is 1. The van der Waals surface area contributed by atoms with Crippen molar-refractivity contribution >= 4 is 5.69 Å². The SMILES string of the molecule is CC.CCc1nc(-c2ccccc2)c2c(n1)C1CCN2CC1. The number of aryl methyl sites for hydroxylation is 1. The molecule has 4 heterocycles. The van der Waals surface area contributed by atoms with Crippen molar-refractivity contribution in [2.45, 2.75) is 46.0 Å². The van der Waals surface area contributed by atoms with Crippen molar-refractivity contribution in [1.29, 1.82) is 0 Å². The quantitative estimate of drug-likeness (QED) is 0.820. The lowest BCUT2D eigenvalue weighted by atomic mass is 9.85. The minimum Gasteiger partial charge on any atom is -0.368 e. The topological polar surface area (TPSA) is 29.0 Å². The maximum Gasteiger partial charge on any atom is 0.129 e. The third kappa shape index (κ3) is 2.49. The molecule has 1 saturated heterocycles. The van der Waals surface area contributed by atoms with Crippen LogP contribution in [0.3, 0.4) is 0 Å². The second-order valence-corrected chi connectivity index (χ2v) is 5.70. The number of nitrogens with zero attached hydrogens (tertiary/aromatic N) is 3. The smallest absolute Gasteiger partial charge is 0.129 e. The van der Waals surface area contributed by atoms with E-state index in [1.54, 1.807) is 0 Å². The van der Waals surface area contributed by atoms with Crippen LogP contribution in [0.5, 0.6) is 0 Å². The summed E-state index contributed by atoms with van der Waals surface area (Å²) in [5.74, 6) is 1.63. The molecule has 0 saturated carbocycles. The Bertz CT molecular complexity index is 629. The summed E-state index contributed by atoms with van der Waals surface area (Å²) in [6.45, 7) is 8.45. The predicted octanol–water partition coefficient (Wildman–Crippen LogP) is 4.43. The van der Waals surface area contributed by atoms with Gasteiger partial charge >= 0.3 is 0 Å². The third-order valence-electron chi connectivity index (χ3n) is 4.52. The van der Waals surface area contributed by atoms with Gasteiger partial charge in [0.2, 0.25) is 0 Å². The van der Waals surface area contributed by atoms with Crippen molar-refractivity contribution in [1.82, 2.24) is 9.97 Å². The Hall–Kier alpha value is -1.90. The fourth-order valence-electron chi connectivity index (χ4n) is 3.45. The molecule has 2 bridgehead atoms. The molecular formula is C19H25N3. The third-order valence-corrected chi connectivity index (χ3v) is 4.52. The first-order valence-electron chi connectivity index (χ1n) is 8.58. The highest BCUT2D eigenvalue weighted by Crippen LogP contribution is 2.45. The Morgan fingerprint density at radius 1 is 1.05 bits per heavy atom. The molecule has 1 fully saturated rings. The van der Waals surface area contributed by atoms with Gasteiger partial charge in [0.15, 0.2) is 0 Å². The molecule has 0 amide bonds. The van der Waals surface area contributed by atoms with E-state index in [0.29, 0.717) is 5.92 Å². The van der Waals surface area contributed by atoms with Crippen molar-refractivity contribution in [3.63, 3.8) is 0 Å².